The summed E-state index contributed by atoms with van der Waals surface area (Å²) in [5.74, 6) is 0.298. The van der Waals surface area contributed by atoms with Gasteiger partial charge < -0.3 is 14.6 Å². The maximum atomic E-state index is 11.5. The highest BCUT2D eigenvalue weighted by Crippen LogP contribution is 2.33. The molecule has 0 radical (unpaired) electrons. The molecule has 4 nitrogen and oxygen atoms in total. The van der Waals surface area contributed by atoms with Crippen molar-refractivity contribution >= 4 is 5.97 Å². The average Bonchev–Trinajstić information content (AvgIpc) is 2.59. The third kappa shape index (κ3) is 5.20. The van der Waals surface area contributed by atoms with Crippen LogP contribution in [0.5, 0.6) is 5.75 Å². The molecule has 0 saturated carbocycles. The van der Waals surface area contributed by atoms with Crippen LogP contribution in [0.3, 0.4) is 0 Å². The van der Waals surface area contributed by atoms with Crippen molar-refractivity contribution in [2.45, 2.75) is 27.2 Å². The molecule has 2 aromatic rings. The summed E-state index contributed by atoms with van der Waals surface area (Å²) in [5.41, 5.74) is 5.81. The molecule has 0 aliphatic heterocycles. The Bertz CT molecular complexity index is 793. The number of aryl methyl sites for hydroxylation is 2. The number of benzene rings is 2. The lowest BCUT2D eigenvalue weighted by atomic mass is 9.96. The molecule has 0 saturated heterocycles. The molecule has 0 unspecified atom stereocenters. The van der Waals surface area contributed by atoms with Crippen molar-refractivity contribution < 1.29 is 19.4 Å². The van der Waals surface area contributed by atoms with Crippen LogP contribution in [0.1, 0.15) is 23.6 Å². The van der Waals surface area contributed by atoms with Crippen molar-refractivity contribution in [3.8, 4) is 16.9 Å². The normalized spacial score (nSPS) is 10.5. The molecule has 0 fully saturated rings. The van der Waals surface area contributed by atoms with E-state index in [4.69, 9.17) is 9.47 Å². The highest BCUT2D eigenvalue weighted by molar-refractivity contribution is 5.86. The van der Waals surface area contributed by atoms with Crippen LogP contribution in [0, 0.1) is 13.8 Å². The molecule has 0 heterocycles. The molecule has 2 rings (SSSR count). The second-order valence-electron chi connectivity index (χ2n) is 6.39. The summed E-state index contributed by atoms with van der Waals surface area (Å²) in [6, 6.07) is 12.2. The van der Waals surface area contributed by atoms with Crippen LogP contribution in [0.15, 0.2) is 48.6 Å². The van der Waals surface area contributed by atoms with Crippen molar-refractivity contribution in [2.75, 3.05) is 19.8 Å². The first-order valence-corrected chi connectivity index (χ1v) is 8.69. The first kappa shape index (κ1) is 19.7. The second kappa shape index (κ2) is 9.20. The van der Waals surface area contributed by atoms with Crippen LogP contribution in [-0.2, 0) is 16.0 Å². The summed E-state index contributed by atoms with van der Waals surface area (Å²) in [5, 5.41) is 9.19. The first-order valence-electron chi connectivity index (χ1n) is 8.69. The number of carbonyl (C=O) groups is 1. The van der Waals surface area contributed by atoms with Crippen LogP contribution in [0.2, 0.25) is 0 Å². The van der Waals surface area contributed by atoms with Crippen molar-refractivity contribution in [1.29, 1.82) is 0 Å². The summed E-state index contributed by atoms with van der Waals surface area (Å²) in [4.78, 5) is 11.5. The lowest BCUT2D eigenvalue weighted by Crippen LogP contribution is -2.13. The molecule has 0 bridgehead atoms. The molecule has 0 aliphatic carbocycles. The number of carbonyl (C=O) groups excluding carboxylic acids is 1. The number of hydrogen-bond donors (Lipinski definition) is 1. The molecule has 0 spiro atoms. The SMILES string of the molecule is C=C(C)C(=O)OCCOc1cc(CCO)ccc1-c1ccc(C)cc1C. The molecule has 0 amide bonds. The summed E-state index contributed by atoms with van der Waals surface area (Å²) in [6.07, 6.45) is 0.564. The van der Waals surface area contributed by atoms with Gasteiger partial charge in [0.25, 0.3) is 0 Å². The van der Waals surface area contributed by atoms with E-state index in [1.54, 1.807) is 6.92 Å². The number of aliphatic hydroxyl groups excluding tert-OH is 1. The van der Waals surface area contributed by atoms with Crippen LogP contribution < -0.4 is 4.74 Å². The zero-order valence-corrected chi connectivity index (χ0v) is 15.7. The van der Waals surface area contributed by atoms with Gasteiger partial charge in [0.2, 0.25) is 0 Å². The van der Waals surface area contributed by atoms with Crippen LogP contribution in [0.4, 0.5) is 0 Å². The maximum absolute atomic E-state index is 11.5. The third-order valence-electron chi connectivity index (χ3n) is 4.04. The lowest BCUT2D eigenvalue weighted by molar-refractivity contribution is -0.139. The fourth-order valence-corrected chi connectivity index (χ4v) is 2.72. The fourth-order valence-electron chi connectivity index (χ4n) is 2.72. The van der Waals surface area contributed by atoms with Crippen molar-refractivity contribution in [2.24, 2.45) is 0 Å². The second-order valence-corrected chi connectivity index (χ2v) is 6.39. The Morgan fingerprint density at radius 1 is 1.08 bits per heavy atom. The van der Waals surface area contributed by atoms with Crippen LogP contribution >= 0.6 is 0 Å². The van der Waals surface area contributed by atoms with Gasteiger partial charge in [0.15, 0.2) is 0 Å². The monoisotopic (exact) mass is 354 g/mol. The Morgan fingerprint density at radius 3 is 2.46 bits per heavy atom. The number of ether oxygens (including phenoxy) is 2. The van der Waals surface area contributed by atoms with E-state index in [0.717, 1.165) is 16.7 Å². The first-order chi connectivity index (χ1) is 12.4. The van der Waals surface area contributed by atoms with Gasteiger partial charge in [-0.25, -0.2) is 4.79 Å². The van der Waals surface area contributed by atoms with Gasteiger partial charge in [0.1, 0.15) is 19.0 Å². The predicted octanol–water partition coefficient (Wildman–Crippen LogP) is 4.00. The summed E-state index contributed by atoms with van der Waals surface area (Å²) in [6.45, 7) is 9.79. The number of rotatable bonds is 8. The Balaban J connectivity index is 2.22. The van der Waals surface area contributed by atoms with Crippen molar-refractivity contribution in [3.63, 3.8) is 0 Å². The molecule has 0 atom stereocenters. The maximum Gasteiger partial charge on any atom is 0.333 e. The molecule has 2 aromatic carbocycles. The van der Waals surface area contributed by atoms with Gasteiger partial charge in [0.05, 0.1) is 0 Å². The fraction of sp³-hybridized carbons (Fsp3) is 0.318. The zero-order valence-electron chi connectivity index (χ0n) is 15.7. The van der Waals surface area contributed by atoms with E-state index in [1.807, 2.05) is 18.2 Å². The van der Waals surface area contributed by atoms with E-state index in [2.05, 4.69) is 38.6 Å². The summed E-state index contributed by atoms with van der Waals surface area (Å²) < 4.78 is 11.0. The van der Waals surface area contributed by atoms with E-state index < -0.39 is 5.97 Å². The van der Waals surface area contributed by atoms with Crippen molar-refractivity contribution in [3.05, 3.63) is 65.2 Å². The minimum atomic E-state index is -0.419. The minimum Gasteiger partial charge on any atom is -0.489 e. The number of esters is 1. The van der Waals surface area contributed by atoms with E-state index >= 15 is 0 Å². The minimum absolute atomic E-state index is 0.0819. The Kier molecular flexibility index (Phi) is 6.98. The molecule has 0 aromatic heterocycles. The molecule has 1 N–H and O–H groups in total. The van der Waals surface area contributed by atoms with E-state index in [0.29, 0.717) is 17.7 Å². The topological polar surface area (TPSA) is 55.8 Å². The summed E-state index contributed by atoms with van der Waals surface area (Å²) >= 11 is 0. The van der Waals surface area contributed by atoms with Crippen LogP contribution in [-0.4, -0.2) is 30.9 Å². The highest BCUT2D eigenvalue weighted by atomic mass is 16.6. The van der Waals surface area contributed by atoms with Gasteiger partial charge in [-0.1, -0.05) is 42.5 Å². The molecule has 138 valence electrons. The molecular weight excluding hydrogens is 328 g/mol. The summed E-state index contributed by atoms with van der Waals surface area (Å²) in [7, 11) is 0. The quantitative estimate of drug-likeness (QED) is 0.442. The Morgan fingerprint density at radius 2 is 1.81 bits per heavy atom. The lowest BCUT2D eigenvalue weighted by Gasteiger charge is -2.15. The standard InChI is InChI=1S/C22H26O4/c1-15(2)22(24)26-12-11-25-21-14-18(9-10-23)6-8-20(21)19-7-5-16(3)13-17(19)4/h5-8,13-14,23H,1,9-12H2,2-4H3. The van der Waals surface area contributed by atoms with Crippen LogP contribution in [0.25, 0.3) is 11.1 Å². The number of aliphatic hydroxyl groups is 1. The van der Waals surface area contributed by atoms with Gasteiger partial charge in [-0.2, -0.15) is 0 Å². The van der Waals surface area contributed by atoms with Gasteiger partial charge in [-0.05, 0) is 49.9 Å². The van der Waals surface area contributed by atoms with Gasteiger partial charge >= 0.3 is 5.97 Å². The molecular formula is C22H26O4. The Labute approximate surface area is 155 Å². The third-order valence-corrected chi connectivity index (χ3v) is 4.04. The average molecular weight is 354 g/mol. The van der Waals surface area contributed by atoms with Gasteiger partial charge in [-0.3, -0.25) is 0 Å². The molecule has 26 heavy (non-hydrogen) atoms. The van der Waals surface area contributed by atoms with E-state index in [1.165, 1.54) is 11.1 Å². The Hall–Kier alpha value is -2.59. The van der Waals surface area contributed by atoms with E-state index in [-0.39, 0.29) is 19.8 Å². The van der Waals surface area contributed by atoms with Crippen molar-refractivity contribution in [1.82, 2.24) is 0 Å². The largest absolute Gasteiger partial charge is 0.489 e. The molecule has 0 aliphatic rings. The zero-order chi connectivity index (χ0) is 19.1. The van der Waals surface area contributed by atoms with E-state index in [9.17, 15) is 9.90 Å². The predicted molar refractivity (Wildman–Crippen MR) is 103 cm³/mol. The molecule has 4 heteroatoms. The van der Waals surface area contributed by atoms with Gasteiger partial charge in [0, 0.05) is 17.7 Å². The smallest absolute Gasteiger partial charge is 0.333 e. The van der Waals surface area contributed by atoms with Gasteiger partial charge in [-0.15, -0.1) is 0 Å². The highest BCUT2D eigenvalue weighted by Gasteiger charge is 2.11. The number of hydrogen-bond acceptors (Lipinski definition) is 4.